The van der Waals surface area contributed by atoms with Crippen LogP contribution in [0.15, 0.2) is 12.4 Å². The van der Waals surface area contributed by atoms with E-state index in [4.69, 9.17) is 4.74 Å². The third-order valence-electron chi connectivity index (χ3n) is 4.03. The van der Waals surface area contributed by atoms with E-state index in [1.54, 1.807) is 0 Å². The van der Waals surface area contributed by atoms with E-state index in [-0.39, 0.29) is 0 Å². The number of hydrogen-bond donors (Lipinski definition) is 1. The number of likely N-dealkylation sites (tertiary alicyclic amines) is 1. The number of rotatable bonds is 7. The third-order valence-corrected chi connectivity index (χ3v) is 4.03. The summed E-state index contributed by atoms with van der Waals surface area (Å²) in [7, 11) is 2.20. The Bertz CT molecular complexity index is 393. The lowest BCUT2D eigenvalue weighted by molar-refractivity contribution is 0.141. The zero-order valence-corrected chi connectivity index (χ0v) is 13.0. The Hall–Kier alpha value is -1.07. The predicted octanol–water partition coefficient (Wildman–Crippen LogP) is 2.06. The van der Waals surface area contributed by atoms with Crippen LogP contribution in [0.4, 0.5) is 5.95 Å². The molecule has 20 heavy (non-hydrogen) atoms. The van der Waals surface area contributed by atoms with Crippen molar-refractivity contribution in [1.82, 2.24) is 14.5 Å². The Morgan fingerprint density at radius 1 is 1.50 bits per heavy atom. The number of aryl methyl sites for hydroxylation is 1. The molecule has 0 bridgehead atoms. The summed E-state index contributed by atoms with van der Waals surface area (Å²) in [5, 5.41) is 3.63. The summed E-state index contributed by atoms with van der Waals surface area (Å²) in [5.74, 6) is 1.66. The molecule has 0 aliphatic carbocycles. The standard InChI is InChI=1S/C15H28N4O/c1-4-20-11-5-8-19-10-7-16-15(19)17-14-6-9-18(3)12-13(14)2/h7,10,13-14H,4-6,8-9,11-12H2,1-3H3,(H,16,17). The van der Waals surface area contributed by atoms with Gasteiger partial charge in [-0.05, 0) is 39.3 Å². The van der Waals surface area contributed by atoms with Gasteiger partial charge in [-0.1, -0.05) is 6.92 Å². The van der Waals surface area contributed by atoms with Crippen molar-refractivity contribution >= 4 is 5.95 Å². The van der Waals surface area contributed by atoms with E-state index >= 15 is 0 Å². The molecule has 1 saturated heterocycles. The van der Waals surface area contributed by atoms with Crippen molar-refractivity contribution in [1.29, 1.82) is 0 Å². The van der Waals surface area contributed by atoms with Gasteiger partial charge >= 0.3 is 0 Å². The number of ether oxygens (including phenoxy) is 1. The minimum Gasteiger partial charge on any atom is -0.382 e. The monoisotopic (exact) mass is 280 g/mol. The summed E-state index contributed by atoms with van der Waals surface area (Å²) in [5.41, 5.74) is 0. The van der Waals surface area contributed by atoms with Gasteiger partial charge in [0, 0.05) is 44.7 Å². The minimum atomic E-state index is 0.527. The van der Waals surface area contributed by atoms with E-state index < -0.39 is 0 Å². The molecule has 2 heterocycles. The van der Waals surface area contributed by atoms with Gasteiger partial charge < -0.3 is 19.5 Å². The Morgan fingerprint density at radius 3 is 3.10 bits per heavy atom. The van der Waals surface area contributed by atoms with E-state index in [2.05, 4.69) is 33.7 Å². The Balaban J connectivity index is 1.85. The molecule has 1 fully saturated rings. The van der Waals surface area contributed by atoms with E-state index in [0.717, 1.165) is 45.2 Å². The van der Waals surface area contributed by atoms with Crippen LogP contribution < -0.4 is 5.32 Å². The molecule has 1 aliphatic heterocycles. The van der Waals surface area contributed by atoms with E-state index in [1.165, 1.54) is 6.42 Å². The lowest BCUT2D eigenvalue weighted by atomic mass is 9.94. The van der Waals surface area contributed by atoms with Crippen LogP contribution in [0.3, 0.4) is 0 Å². The summed E-state index contributed by atoms with van der Waals surface area (Å²) in [6.45, 7) is 9.24. The molecule has 2 rings (SSSR count). The van der Waals surface area contributed by atoms with Crippen LogP contribution in [0, 0.1) is 5.92 Å². The van der Waals surface area contributed by atoms with Gasteiger partial charge in [0.2, 0.25) is 5.95 Å². The fraction of sp³-hybridized carbons (Fsp3) is 0.800. The molecule has 114 valence electrons. The molecule has 1 aromatic heterocycles. The van der Waals surface area contributed by atoms with Crippen molar-refractivity contribution in [3.05, 3.63) is 12.4 Å². The third kappa shape index (κ3) is 4.21. The number of nitrogens with zero attached hydrogens (tertiary/aromatic N) is 3. The van der Waals surface area contributed by atoms with Crippen LogP contribution in [0.25, 0.3) is 0 Å². The van der Waals surface area contributed by atoms with Gasteiger partial charge in [-0.15, -0.1) is 0 Å². The normalized spacial score (nSPS) is 23.9. The number of nitrogens with one attached hydrogen (secondary N) is 1. The molecule has 1 aliphatic rings. The van der Waals surface area contributed by atoms with Gasteiger partial charge in [-0.25, -0.2) is 4.98 Å². The number of aromatic nitrogens is 2. The SMILES string of the molecule is CCOCCCn1ccnc1NC1CCN(C)CC1C. The van der Waals surface area contributed by atoms with Crippen molar-refractivity contribution in [2.45, 2.75) is 39.3 Å². The summed E-state index contributed by atoms with van der Waals surface area (Å²) in [6, 6.07) is 0.527. The van der Waals surface area contributed by atoms with Gasteiger partial charge in [0.05, 0.1) is 0 Å². The second-order valence-electron chi connectivity index (χ2n) is 5.77. The fourth-order valence-corrected chi connectivity index (χ4v) is 2.85. The zero-order valence-electron chi connectivity index (χ0n) is 13.0. The van der Waals surface area contributed by atoms with Crippen molar-refractivity contribution in [2.24, 2.45) is 5.92 Å². The highest BCUT2D eigenvalue weighted by atomic mass is 16.5. The highest BCUT2D eigenvalue weighted by Crippen LogP contribution is 2.19. The first-order chi connectivity index (χ1) is 9.70. The number of anilines is 1. The van der Waals surface area contributed by atoms with Crippen molar-refractivity contribution < 1.29 is 4.74 Å². The molecule has 0 radical (unpaired) electrons. The largest absolute Gasteiger partial charge is 0.382 e. The van der Waals surface area contributed by atoms with E-state index in [9.17, 15) is 0 Å². The van der Waals surface area contributed by atoms with E-state index in [1.807, 2.05) is 19.3 Å². The van der Waals surface area contributed by atoms with Gasteiger partial charge in [0.15, 0.2) is 0 Å². The summed E-state index contributed by atoms with van der Waals surface area (Å²) < 4.78 is 7.59. The number of hydrogen-bond acceptors (Lipinski definition) is 4. The quantitative estimate of drug-likeness (QED) is 0.776. The molecule has 0 aromatic carbocycles. The highest BCUT2D eigenvalue weighted by molar-refractivity contribution is 5.28. The van der Waals surface area contributed by atoms with Crippen LogP contribution >= 0.6 is 0 Å². The smallest absolute Gasteiger partial charge is 0.202 e. The zero-order chi connectivity index (χ0) is 14.4. The lowest BCUT2D eigenvalue weighted by Crippen LogP contribution is -2.43. The maximum absolute atomic E-state index is 5.39. The second kappa shape index (κ2) is 7.64. The summed E-state index contributed by atoms with van der Waals surface area (Å²) >= 11 is 0. The average molecular weight is 280 g/mol. The average Bonchev–Trinajstić information content (AvgIpc) is 2.85. The molecule has 2 unspecified atom stereocenters. The highest BCUT2D eigenvalue weighted by Gasteiger charge is 2.24. The number of piperidine rings is 1. The van der Waals surface area contributed by atoms with Gasteiger partial charge in [0.25, 0.3) is 0 Å². The van der Waals surface area contributed by atoms with Gasteiger partial charge in [0.1, 0.15) is 0 Å². The molecular formula is C15H28N4O. The van der Waals surface area contributed by atoms with Gasteiger partial charge in [-0.3, -0.25) is 0 Å². The molecule has 0 saturated carbocycles. The summed E-state index contributed by atoms with van der Waals surface area (Å²) in [4.78, 5) is 6.86. The van der Waals surface area contributed by atoms with Crippen LogP contribution in [0.5, 0.6) is 0 Å². The molecule has 5 nitrogen and oxygen atoms in total. The van der Waals surface area contributed by atoms with Crippen molar-refractivity contribution in [3.63, 3.8) is 0 Å². The van der Waals surface area contributed by atoms with E-state index in [0.29, 0.717) is 12.0 Å². The predicted molar refractivity (Wildman–Crippen MR) is 82.0 cm³/mol. The first kappa shape index (κ1) is 15.3. The van der Waals surface area contributed by atoms with Crippen molar-refractivity contribution in [3.8, 4) is 0 Å². The number of imidazole rings is 1. The summed E-state index contributed by atoms with van der Waals surface area (Å²) in [6.07, 6.45) is 6.14. The minimum absolute atomic E-state index is 0.527. The van der Waals surface area contributed by atoms with Crippen LogP contribution in [-0.4, -0.2) is 53.8 Å². The molecule has 0 spiro atoms. The molecule has 5 heteroatoms. The Kier molecular flexibility index (Phi) is 5.86. The van der Waals surface area contributed by atoms with Crippen molar-refractivity contribution in [2.75, 3.05) is 38.7 Å². The van der Waals surface area contributed by atoms with Gasteiger partial charge in [-0.2, -0.15) is 0 Å². The molecule has 1 aromatic rings. The Labute approximate surface area is 122 Å². The first-order valence-electron chi connectivity index (χ1n) is 7.74. The fourth-order valence-electron chi connectivity index (χ4n) is 2.85. The van der Waals surface area contributed by atoms with Crippen LogP contribution in [0.2, 0.25) is 0 Å². The molecular weight excluding hydrogens is 252 g/mol. The second-order valence-corrected chi connectivity index (χ2v) is 5.77. The topological polar surface area (TPSA) is 42.3 Å². The Morgan fingerprint density at radius 2 is 2.35 bits per heavy atom. The molecule has 2 atom stereocenters. The van der Waals surface area contributed by atoms with Crippen LogP contribution in [-0.2, 0) is 11.3 Å². The molecule has 1 N–H and O–H groups in total. The maximum Gasteiger partial charge on any atom is 0.202 e. The molecule has 0 amide bonds. The van der Waals surface area contributed by atoms with Crippen LogP contribution in [0.1, 0.15) is 26.7 Å². The first-order valence-corrected chi connectivity index (χ1v) is 7.74. The lowest BCUT2D eigenvalue weighted by Gasteiger charge is -2.35. The maximum atomic E-state index is 5.39.